The summed E-state index contributed by atoms with van der Waals surface area (Å²) in [6.45, 7) is 5.17. The number of ether oxygens (including phenoxy) is 2. The van der Waals surface area contributed by atoms with Gasteiger partial charge in [-0.05, 0) is 71.8 Å². The van der Waals surface area contributed by atoms with E-state index in [9.17, 15) is 25.9 Å². The minimum absolute atomic E-state index is 0.0828. The number of morpholine rings is 2. The molecule has 2 saturated heterocycles. The maximum atomic E-state index is 12.8. The van der Waals surface area contributed by atoms with Crippen LogP contribution in [0.3, 0.4) is 0 Å². The minimum Gasteiger partial charge on any atom is -0.378 e. The van der Waals surface area contributed by atoms with E-state index in [2.05, 4.69) is 31.3 Å². The van der Waals surface area contributed by atoms with Gasteiger partial charge in [0.05, 0.1) is 71.7 Å². The Hall–Kier alpha value is -5.58. The fourth-order valence-corrected chi connectivity index (χ4v) is 10.2. The van der Waals surface area contributed by atoms with Crippen LogP contribution in [0, 0.1) is 0 Å². The summed E-state index contributed by atoms with van der Waals surface area (Å²) in [7, 11) is -9.54. The van der Waals surface area contributed by atoms with Crippen molar-refractivity contribution >= 4 is 79.0 Å². The van der Waals surface area contributed by atoms with Gasteiger partial charge in [0.2, 0.25) is 0 Å². The highest BCUT2D eigenvalue weighted by Crippen LogP contribution is 2.36. The van der Waals surface area contributed by atoms with Gasteiger partial charge in [-0.1, -0.05) is 60.7 Å². The molecule has 0 radical (unpaired) electrons. The lowest BCUT2D eigenvalue weighted by atomic mass is 10.1. The van der Waals surface area contributed by atoms with Crippen LogP contribution in [0.1, 0.15) is 11.1 Å². The van der Waals surface area contributed by atoms with Gasteiger partial charge < -0.3 is 29.9 Å². The highest BCUT2D eigenvalue weighted by atomic mass is 32.2. The van der Waals surface area contributed by atoms with Crippen LogP contribution in [-0.2, 0) is 29.7 Å². The van der Waals surface area contributed by atoms with Gasteiger partial charge in [-0.3, -0.25) is 20.0 Å². The van der Waals surface area contributed by atoms with E-state index in [0.717, 1.165) is 32.8 Å². The molecule has 0 aliphatic carbocycles. The largest absolute Gasteiger partial charge is 0.378 e. The van der Waals surface area contributed by atoms with Crippen LogP contribution in [0.5, 0.6) is 0 Å². The van der Waals surface area contributed by atoms with Crippen molar-refractivity contribution in [3.05, 3.63) is 154 Å². The number of nitrogens with one attached hydrogen (secondary N) is 4. The predicted molar refractivity (Wildman–Crippen MR) is 245 cm³/mol. The van der Waals surface area contributed by atoms with Crippen molar-refractivity contribution in [2.24, 2.45) is 0 Å². The first-order valence-corrected chi connectivity index (χ1v) is 23.9. The highest BCUT2D eigenvalue weighted by molar-refractivity contribution is 8.01. The summed E-state index contributed by atoms with van der Waals surface area (Å²) in [5, 5.41) is 8.71. The molecule has 4 heterocycles. The molecular formula is C42H44N8O8S4. The van der Waals surface area contributed by atoms with Crippen LogP contribution >= 0.6 is 23.9 Å². The fourth-order valence-electron chi connectivity index (χ4n) is 6.75. The molecule has 0 saturated carbocycles. The van der Waals surface area contributed by atoms with Crippen molar-refractivity contribution < 1.29 is 35.4 Å². The molecule has 8 rings (SSSR count). The minimum atomic E-state index is -4.77. The summed E-state index contributed by atoms with van der Waals surface area (Å²) < 4.78 is 86.5. The van der Waals surface area contributed by atoms with Gasteiger partial charge in [-0.2, -0.15) is 16.8 Å². The third kappa shape index (κ3) is 11.3. The van der Waals surface area contributed by atoms with E-state index < -0.39 is 30.0 Å². The molecular weight excluding hydrogens is 873 g/mol. The van der Waals surface area contributed by atoms with Crippen molar-refractivity contribution in [3.8, 4) is 0 Å². The Morgan fingerprint density at radius 1 is 0.532 bits per heavy atom. The molecule has 4 aromatic rings. The molecule has 20 heteroatoms. The van der Waals surface area contributed by atoms with E-state index >= 15 is 0 Å². The Morgan fingerprint density at radius 3 is 1.29 bits per heavy atom. The molecule has 0 bridgehead atoms. The van der Waals surface area contributed by atoms with Gasteiger partial charge in [-0.15, -0.1) is 0 Å². The van der Waals surface area contributed by atoms with Crippen molar-refractivity contribution in [1.29, 1.82) is 0 Å². The predicted octanol–water partition coefficient (Wildman–Crippen LogP) is 7.19. The first-order chi connectivity index (χ1) is 29.9. The standard InChI is InChI=1S/C42H44N8O8S4/c51-61(52,53)39-25-35(45-49-29-37(43-33-7-3-1-4-8-33)27-41(59-49)47-17-21-57-22-18-47)15-13-31(39)11-12-32-14-16-36(26-40(32)62(54,55)56)46-50-30-38(44-34-9-5-2-6-10-34)28-42(60-50)48-19-23-58-24-20-48/h1-16,25-30,43-46H,17-24H2,(H,51,52,53)(H,54,55,56). The summed E-state index contributed by atoms with van der Waals surface area (Å²) in [5.74, 6) is 0. The van der Waals surface area contributed by atoms with Crippen molar-refractivity contribution in [2.75, 3.05) is 74.1 Å². The second-order valence-electron chi connectivity index (χ2n) is 14.2. The second-order valence-corrected chi connectivity index (χ2v) is 18.9. The monoisotopic (exact) mass is 916 g/mol. The van der Waals surface area contributed by atoms with Crippen molar-refractivity contribution in [2.45, 2.75) is 9.79 Å². The number of hydrazine groups is 2. The third-order valence-corrected chi connectivity index (χ3v) is 13.5. The van der Waals surface area contributed by atoms with Crippen LogP contribution in [0.4, 0.5) is 22.7 Å². The zero-order chi connectivity index (χ0) is 43.1. The molecule has 0 amide bonds. The number of anilines is 4. The summed E-state index contributed by atoms with van der Waals surface area (Å²) in [5.41, 5.74) is 10.6. The van der Waals surface area contributed by atoms with Gasteiger partial charge in [0.25, 0.3) is 20.2 Å². The maximum Gasteiger partial charge on any atom is 0.295 e. The van der Waals surface area contributed by atoms with Gasteiger partial charge in [0.1, 0.15) is 9.79 Å². The lowest BCUT2D eigenvalue weighted by Crippen LogP contribution is -2.37. The molecule has 4 aliphatic heterocycles. The average Bonchev–Trinajstić information content (AvgIpc) is 3.27. The highest BCUT2D eigenvalue weighted by Gasteiger charge is 2.25. The number of benzene rings is 4. The van der Waals surface area contributed by atoms with E-state index in [4.69, 9.17) is 9.47 Å². The Bertz CT molecular complexity index is 2450. The topological polar surface area (TPSA) is 188 Å². The summed E-state index contributed by atoms with van der Waals surface area (Å²) >= 11 is 2.80. The zero-order valence-corrected chi connectivity index (χ0v) is 36.4. The first kappa shape index (κ1) is 43.1. The van der Waals surface area contributed by atoms with E-state index in [0.29, 0.717) is 64.0 Å². The number of allylic oxidation sites excluding steroid dienone is 2. The number of para-hydroxylation sites is 2. The lowest BCUT2D eigenvalue weighted by molar-refractivity contribution is 0.0574. The van der Waals surface area contributed by atoms with E-state index in [1.54, 1.807) is 21.0 Å². The van der Waals surface area contributed by atoms with Crippen LogP contribution < -0.4 is 21.5 Å². The zero-order valence-electron chi connectivity index (χ0n) is 33.1. The number of rotatable bonds is 14. The molecule has 0 spiro atoms. The van der Waals surface area contributed by atoms with E-state index in [1.807, 2.05) is 85.2 Å². The quantitative estimate of drug-likeness (QED) is 0.0424. The Kier molecular flexibility index (Phi) is 13.4. The van der Waals surface area contributed by atoms with E-state index in [-0.39, 0.29) is 11.1 Å². The SMILES string of the molecule is O=S(=O)(O)c1cc(NN2C=C(Nc3ccccc3)C=C(N3CCOCC3)S2)ccc1C=Cc1ccc(NN2C=C(Nc3ccccc3)C=C(N3CCOCC3)S2)cc1S(=O)(=O)O. The molecule has 0 aromatic heterocycles. The van der Waals surface area contributed by atoms with Gasteiger partial charge in [0, 0.05) is 61.4 Å². The Morgan fingerprint density at radius 2 is 0.919 bits per heavy atom. The first-order valence-electron chi connectivity index (χ1n) is 19.5. The molecule has 16 nitrogen and oxygen atoms in total. The molecule has 6 N–H and O–H groups in total. The van der Waals surface area contributed by atoms with Gasteiger partial charge in [-0.25, -0.2) is 8.83 Å². The summed E-state index contributed by atoms with van der Waals surface area (Å²) in [4.78, 5) is 3.57. The second kappa shape index (κ2) is 19.2. The normalized spacial score (nSPS) is 17.5. The Balaban J connectivity index is 1.02. The number of hydrogen-bond acceptors (Lipinski definition) is 16. The summed E-state index contributed by atoms with van der Waals surface area (Å²) in [6, 6.07) is 28.2. The molecule has 324 valence electrons. The van der Waals surface area contributed by atoms with Crippen LogP contribution in [0.2, 0.25) is 0 Å². The van der Waals surface area contributed by atoms with Gasteiger partial charge in [0.15, 0.2) is 0 Å². The van der Waals surface area contributed by atoms with Gasteiger partial charge >= 0.3 is 0 Å². The molecule has 2 fully saturated rings. The maximum absolute atomic E-state index is 12.8. The van der Waals surface area contributed by atoms with Crippen LogP contribution in [-0.4, -0.2) is 97.2 Å². The number of nitrogens with zero attached hydrogens (tertiary/aromatic N) is 4. The molecule has 0 atom stereocenters. The van der Waals surface area contributed by atoms with Crippen molar-refractivity contribution in [1.82, 2.24) is 18.6 Å². The molecule has 0 unspecified atom stereocenters. The molecule has 4 aliphatic rings. The average molecular weight is 917 g/mol. The third-order valence-electron chi connectivity index (χ3n) is 9.73. The van der Waals surface area contributed by atoms with Crippen LogP contribution in [0.15, 0.2) is 153 Å². The lowest BCUT2D eigenvalue weighted by Gasteiger charge is -2.35. The summed E-state index contributed by atoms with van der Waals surface area (Å²) in [6.07, 6.45) is 10.5. The molecule has 62 heavy (non-hydrogen) atoms. The van der Waals surface area contributed by atoms with E-state index in [1.165, 1.54) is 60.3 Å². The Labute approximate surface area is 369 Å². The fraction of sp³-hybridized carbons (Fsp3) is 0.190. The number of hydrogen-bond donors (Lipinski definition) is 6. The molecule has 4 aromatic carbocycles. The van der Waals surface area contributed by atoms with Crippen molar-refractivity contribution in [3.63, 3.8) is 0 Å². The smallest absolute Gasteiger partial charge is 0.295 e. The van der Waals surface area contributed by atoms with Crippen LogP contribution in [0.25, 0.3) is 12.2 Å².